The molecule has 7 nitrogen and oxygen atoms in total. The number of carbonyl (C=O) groups is 2. The Kier molecular flexibility index (Phi) is 5.28. The molecule has 1 aromatic heterocycles. The van der Waals surface area contributed by atoms with Crippen molar-refractivity contribution in [2.45, 2.75) is 6.04 Å². The first-order valence-corrected chi connectivity index (χ1v) is 9.00. The molecule has 2 heterocycles. The predicted molar refractivity (Wildman–Crippen MR) is 95.2 cm³/mol. The second-order valence-electron chi connectivity index (χ2n) is 5.71. The number of carbonyl (C=O) groups excluding carboxylic acids is 2. The summed E-state index contributed by atoms with van der Waals surface area (Å²) in [6.45, 7) is 0.0436. The lowest BCUT2D eigenvalue weighted by molar-refractivity contribution is -0.132. The Hall–Kier alpha value is -2.48. The Bertz CT molecular complexity index is 777. The summed E-state index contributed by atoms with van der Waals surface area (Å²) < 4.78 is 7.30. The first-order chi connectivity index (χ1) is 12.1. The molecule has 1 atom stereocenters. The average molecular weight is 360 g/mol. The number of aromatic nitrogens is 2. The molecule has 2 aromatic rings. The van der Waals surface area contributed by atoms with Crippen LogP contribution in [0, 0.1) is 0 Å². The number of methoxy groups -OCH3 is 1. The van der Waals surface area contributed by atoms with E-state index in [1.165, 1.54) is 11.8 Å². The highest BCUT2D eigenvalue weighted by Crippen LogP contribution is 2.29. The fourth-order valence-corrected chi connectivity index (χ4v) is 3.67. The minimum atomic E-state index is -0.464. The highest BCUT2D eigenvalue weighted by atomic mass is 32.2. The standard InChI is InChI=1S/C17H20N4O3S/c1-20-8-7-18-17(20)16(12-5-3-4-6-13(12)24-2)19-14(22)9-21-11-25-10-15(21)23/h3-8,16H,9-11H2,1-2H3,(H,19,22)/t16-/m1/s1. The monoisotopic (exact) mass is 360 g/mol. The van der Waals surface area contributed by atoms with Crippen LogP contribution in [-0.4, -0.2) is 51.5 Å². The third kappa shape index (κ3) is 3.79. The van der Waals surface area contributed by atoms with Gasteiger partial charge in [0.25, 0.3) is 0 Å². The molecule has 0 bridgehead atoms. The number of benzene rings is 1. The molecule has 0 spiro atoms. The number of imidazole rings is 1. The molecule has 0 aliphatic carbocycles. The summed E-state index contributed by atoms with van der Waals surface area (Å²) in [4.78, 5) is 30.2. The molecule has 1 fully saturated rings. The summed E-state index contributed by atoms with van der Waals surface area (Å²) in [6.07, 6.45) is 3.51. The van der Waals surface area contributed by atoms with Crippen molar-refractivity contribution in [1.82, 2.24) is 19.8 Å². The Morgan fingerprint density at radius 3 is 2.88 bits per heavy atom. The maximum absolute atomic E-state index is 12.5. The van der Waals surface area contributed by atoms with Gasteiger partial charge in [0, 0.05) is 25.0 Å². The second kappa shape index (κ2) is 7.60. The molecule has 1 aliphatic rings. The number of hydrogen-bond acceptors (Lipinski definition) is 5. The molecular weight excluding hydrogens is 340 g/mol. The van der Waals surface area contributed by atoms with Crippen LogP contribution in [0.15, 0.2) is 36.7 Å². The summed E-state index contributed by atoms with van der Waals surface area (Å²) in [7, 11) is 3.47. The molecular formula is C17H20N4O3S. The van der Waals surface area contributed by atoms with Gasteiger partial charge in [-0.3, -0.25) is 9.59 Å². The molecule has 2 amide bonds. The quantitative estimate of drug-likeness (QED) is 0.837. The Balaban J connectivity index is 1.86. The van der Waals surface area contributed by atoms with Crippen LogP contribution in [0.3, 0.4) is 0 Å². The molecule has 0 saturated carbocycles. The van der Waals surface area contributed by atoms with Gasteiger partial charge in [-0.05, 0) is 6.07 Å². The van der Waals surface area contributed by atoms with Crippen LogP contribution >= 0.6 is 11.8 Å². The number of ether oxygens (including phenoxy) is 1. The minimum Gasteiger partial charge on any atom is -0.496 e. The molecule has 25 heavy (non-hydrogen) atoms. The van der Waals surface area contributed by atoms with E-state index in [0.717, 1.165) is 5.56 Å². The number of nitrogens with zero attached hydrogens (tertiary/aromatic N) is 3. The summed E-state index contributed by atoms with van der Waals surface area (Å²) in [6, 6.07) is 7.04. The summed E-state index contributed by atoms with van der Waals surface area (Å²) in [5.41, 5.74) is 0.815. The lowest BCUT2D eigenvalue weighted by atomic mass is 10.0. The minimum absolute atomic E-state index is 0.00835. The molecule has 0 radical (unpaired) electrons. The first-order valence-electron chi connectivity index (χ1n) is 7.85. The number of thioether (sulfide) groups is 1. The highest BCUT2D eigenvalue weighted by molar-refractivity contribution is 8.00. The van der Waals surface area contributed by atoms with E-state index < -0.39 is 6.04 Å². The number of para-hydroxylation sites is 1. The maximum atomic E-state index is 12.5. The molecule has 1 saturated heterocycles. The Labute approximate surface area is 150 Å². The third-order valence-corrected chi connectivity index (χ3v) is 4.98. The van der Waals surface area contributed by atoms with Crippen LogP contribution in [0.5, 0.6) is 5.75 Å². The third-order valence-electron chi connectivity index (χ3n) is 4.03. The smallest absolute Gasteiger partial charge is 0.240 e. The lowest BCUT2D eigenvalue weighted by Gasteiger charge is -2.22. The van der Waals surface area contributed by atoms with Crippen molar-refractivity contribution < 1.29 is 14.3 Å². The van der Waals surface area contributed by atoms with E-state index in [1.54, 1.807) is 18.2 Å². The van der Waals surface area contributed by atoms with Crippen LogP contribution in [0.4, 0.5) is 0 Å². The van der Waals surface area contributed by atoms with E-state index in [0.29, 0.717) is 23.2 Å². The van der Waals surface area contributed by atoms with E-state index in [4.69, 9.17) is 4.74 Å². The molecule has 1 N–H and O–H groups in total. The SMILES string of the molecule is COc1ccccc1[C@@H](NC(=O)CN1CSCC1=O)c1nccn1C. The zero-order valence-corrected chi connectivity index (χ0v) is 15.0. The van der Waals surface area contributed by atoms with Crippen LogP contribution in [0.1, 0.15) is 17.4 Å². The molecule has 0 unspecified atom stereocenters. The normalized spacial score (nSPS) is 15.3. The van der Waals surface area contributed by atoms with Gasteiger partial charge < -0.3 is 19.5 Å². The lowest BCUT2D eigenvalue weighted by Crippen LogP contribution is -2.40. The summed E-state index contributed by atoms with van der Waals surface area (Å²) >= 11 is 1.51. The molecule has 8 heteroatoms. The van der Waals surface area contributed by atoms with Crippen LogP contribution in [0.25, 0.3) is 0 Å². The Morgan fingerprint density at radius 1 is 1.44 bits per heavy atom. The van der Waals surface area contributed by atoms with E-state index >= 15 is 0 Å². The zero-order chi connectivity index (χ0) is 17.8. The van der Waals surface area contributed by atoms with Gasteiger partial charge in [0.2, 0.25) is 11.8 Å². The van der Waals surface area contributed by atoms with Crippen LogP contribution in [0.2, 0.25) is 0 Å². The average Bonchev–Trinajstić information content (AvgIpc) is 3.21. The van der Waals surface area contributed by atoms with E-state index in [1.807, 2.05) is 42.1 Å². The number of nitrogens with one attached hydrogen (secondary N) is 1. The molecule has 1 aliphatic heterocycles. The van der Waals surface area contributed by atoms with Gasteiger partial charge in [0.05, 0.1) is 18.7 Å². The topological polar surface area (TPSA) is 76.5 Å². The van der Waals surface area contributed by atoms with E-state index in [-0.39, 0.29) is 18.4 Å². The summed E-state index contributed by atoms with van der Waals surface area (Å²) in [5, 5.41) is 2.99. The van der Waals surface area contributed by atoms with Gasteiger partial charge in [-0.15, -0.1) is 11.8 Å². The number of rotatable bonds is 6. The van der Waals surface area contributed by atoms with Gasteiger partial charge in [0.1, 0.15) is 24.2 Å². The first kappa shape index (κ1) is 17.3. The van der Waals surface area contributed by atoms with Crippen LogP contribution in [-0.2, 0) is 16.6 Å². The van der Waals surface area contributed by atoms with Gasteiger partial charge in [-0.25, -0.2) is 4.98 Å². The molecule has 132 valence electrons. The molecule has 1 aromatic carbocycles. The fraction of sp³-hybridized carbons (Fsp3) is 0.353. The fourth-order valence-electron chi connectivity index (χ4n) is 2.76. The van der Waals surface area contributed by atoms with Gasteiger partial charge in [-0.1, -0.05) is 18.2 Å². The van der Waals surface area contributed by atoms with Gasteiger partial charge in [0.15, 0.2) is 0 Å². The number of amides is 2. The van der Waals surface area contributed by atoms with Crippen LogP contribution < -0.4 is 10.1 Å². The van der Waals surface area contributed by atoms with Gasteiger partial charge >= 0.3 is 0 Å². The van der Waals surface area contributed by atoms with Crippen molar-refractivity contribution in [3.8, 4) is 5.75 Å². The summed E-state index contributed by atoms with van der Waals surface area (Å²) in [5.74, 6) is 2.11. The van der Waals surface area contributed by atoms with Crippen molar-refractivity contribution >= 4 is 23.6 Å². The van der Waals surface area contributed by atoms with Crippen molar-refractivity contribution in [1.29, 1.82) is 0 Å². The van der Waals surface area contributed by atoms with Crippen molar-refractivity contribution in [2.75, 3.05) is 25.3 Å². The maximum Gasteiger partial charge on any atom is 0.240 e. The van der Waals surface area contributed by atoms with Gasteiger partial charge in [-0.2, -0.15) is 0 Å². The Morgan fingerprint density at radius 2 is 2.24 bits per heavy atom. The number of aryl methyl sites for hydroxylation is 1. The second-order valence-corrected chi connectivity index (χ2v) is 6.66. The van der Waals surface area contributed by atoms with Crippen molar-refractivity contribution in [2.24, 2.45) is 7.05 Å². The zero-order valence-electron chi connectivity index (χ0n) is 14.1. The highest BCUT2D eigenvalue weighted by Gasteiger charge is 2.27. The van der Waals surface area contributed by atoms with E-state index in [2.05, 4.69) is 10.3 Å². The number of hydrogen-bond donors (Lipinski definition) is 1. The predicted octanol–water partition coefficient (Wildman–Crippen LogP) is 1.17. The van der Waals surface area contributed by atoms with E-state index in [9.17, 15) is 9.59 Å². The van der Waals surface area contributed by atoms with Crippen molar-refractivity contribution in [3.05, 3.63) is 48.0 Å². The molecule has 3 rings (SSSR count). The van der Waals surface area contributed by atoms with Crippen molar-refractivity contribution in [3.63, 3.8) is 0 Å². The largest absolute Gasteiger partial charge is 0.496 e.